The second kappa shape index (κ2) is 9.16. The van der Waals surface area contributed by atoms with E-state index in [0.29, 0.717) is 84.3 Å². The Bertz CT molecular complexity index is 1580. The lowest BCUT2D eigenvalue weighted by atomic mass is 9.65. The Labute approximate surface area is 254 Å². The molecule has 3 N–H and O–H groups in total. The fraction of sp³-hybridized carbons (Fsp3) is 0.677. The number of alkyl halides is 1. The van der Waals surface area contributed by atoms with Crippen molar-refractivity contribution in [2.24, 2.45) is 11.8 Å². The van der Waals surface area contributed by atoms with Crippen LogP contribution < -0.4 is 25.6 Å². The minimum absolute atomic E-state index is 0.131. The largest absolute Gasteiger partial charge is 0.461 e. The zero-order valence-corrected chi connectivity index (χ0v) is 25.0. The number of aromatic nitrogens is 2. The van der Waals surface area contributed by atoms with Crippen molar-refractivity contribution in [1.82, 2.24) is 20.2 Å². The van der Waals surface area contributed by atoms with Gasteiger partial charge in [-0.3, -0.25) is 4.90 Å². The Kier molecular flexibility index (Phi) is 5.59. The van der Waals surface area contributed by atoms with Crippen molar-refractivity contribution < 1.29 is 9.13 Å². The number of hydrogen-bond donors (Lipinski definition) is 2. The molecule has 12 heteroatoms. The van der Waals surface area contributed by atoms with Crippen molar-refractivity contribution in [3.63, 3.8) is 0 Å². The van der Waals surface area contributed by atoms with Crippen LogP contribution in [0.3, 0.4) is 0 Å². The molecule has 0 amide bonds. The lowest BCUT2D eigenvalue weighted by Gasteiger charge is -2.53. The number of nitrogens with zero attached hydrogens (tertiary/aromatic N) is 7. The minimum atomic E-state index is -0.832. The molecule has 9 rings (SSSR count). The number of hydrogen-bond acceptors (Lipinski definition) is 11. The third-order valence-corrected chi connectivity index (χ3v) is 12.7. The molecule has 224 valence electrons. The van der Waals surface area contributed by atoms with Crippen LogP contribution in [-0.4, -0.2) is 84.5 Å². The van der Waals surface area contributed by atoms with E-state index in [1.807, 2.05) is 0 Å². The van der Waals surface area contributed by atoms with Crippen molar-refractivity contribution in [3.8, 4) is 18.1 Å². The average Bonchev–Trinajstić information content (AvgIpc) is 3.18. The maximum atomic E-state index is 14.5. The van der Waals surface area contributed by atoms with Gasteiger partial charge in [-0.15, -0.1) is 11.3 Å². The maximum Gasteiger partial charge on any atom is 0.320 e. The fourth-order valence-electron chi connectivity index (χ4n) is 9.69. The Balaban J connectivity index is 1.07. The fourth-order valence-corrected chi connectivity index (χ4v) is 10.9. The van der Waals surface area contributed by atoms with Crippen molar-refractivity contribution in [3.05, 3.63) is 21.6 Å². The summed E-state index contributed by atoms with van der Waals surface area (Å²) in [6.45, 7) is 4.69. The van der Waals surface area contributed by atoms with Crippen molar-refractivity contribution in [1.29, 1.82) is 10.5 Å². The third-order valence-electron chi connectivity index (χ3n) is 11.7. The highest BCUT2D eigenvalue weighted by Crippen LogP contribution is 2.64. The molecule has 1 spiro atoms. The van der Waals surface area contributed by atoms with Crippen LogP contribution in [0.25, 0.3) is 0 Å². The summed E-state index contributed by atoms with van der Waals surface area (Å²) in [6, 6.07) is 5.91. The minimum Gasteiger partial charge on any atom is -0.461 e. The molecule has 2 aliphatic carbocycles. The molecule has 2 aromatic rings. The van der Waals surface area contributed by atoms with E-state index in [4.69, 9.17) is 20.4 Å². The van der Waals surface area contributed by atoms with Gasteiger partial charge in [-0.05, 0) is 62.5 Å². The number of rotatable bonds is 5. The quantitative estimate of drug-likeness (QED) is 0.528. The molecular formula is C31H36FN9OS. The van der Waals surface area contributed by atoms with Gasteiger partial charge >= 0.3 is 6.01 Å². The second-order valence-corrected chi connectivity index (χ2v) is 15.3. The van der Waals surface area contributed by atoms with E-state index in [-0.39, 0.29) is 17.0 Å². The summed E-state index contributed by atoms with van der Waals surface area (Å²) in [7, 11) is 0. The van der Waals surface area contributed by atoms with Crippen LogP contribution >= 0.6 is 11.3 Å². The Morgan fingerprint density at radius 2 is 1.81 bits per heavy atom. The third kappa shape index (κ3) is 3.79. The van der Waals surface area contributed by atoms with Gasteiger partial charge < -0.3 is 25.6 Å². The average molecular weight is 602 g/mol. The number of halogens is 1. The lowest BCUT2D eigenvalue weighted by Crippen LogP contribution is -2.63. The van der Waals surface area contributed by atoms with Crippen LogP contribution in [0.5, 0.6) is 6.01 Å². The van der Waals surface area contributed by atoms with Gasteiger partial charge in [0.2, 0.25) is 0 Å². The summed E-state index contributed by atoms with van der Waals surface area (Å²) in [5.74, 6) is 2.43. The first-order chi connectivity index (χ1) is 20.9. The highest BCUT2D eigenvalue weighted by atomic mass is 32.1. The molecule has 6 atom stereocenters. The van der Waals surface area contributed by atoms with Crippen molar-refractivity contribution >= 4 is 28.0 Å². The van der Waals surface area contributed by atoms with Crippen molar-refractivity contribution in [2.45, 2.75) is 74.2 Å². The zero-order valence-electron chi connectivity index (χ0n) is 24.2. The van der Waals surface area contributed by atoms with E-state index in [0.717, 1.165) is 57.3 Å². The molecule has 2 unspecified atom stereocenters. The molecular weight excluding hydrogens is 565 g/mol. The number of fused-ring (bicyclic) bond motifs is 7. The zero-order chi connectivity index (χ0) is 29.1. The summed E-state index contributed by atoms with van der Waals surface area (Å²) in [5.41, 5.74) is 8.18. The smallest absolute Gasteiger partial charge is 0.320 e. The standard InChI is InChI=1S/C31H36FN9OS/c32-18-8-30(4-1-5-41(30)11-18)16-42-29-37-27(39-12-19-2-3-20(13-39)36-19)22(10-34)28(38-29)40-14-31(15-40)23-6-17(23)7-24-25(31)21(9-33)26(35)43-24/h17-20,23,36H,1-8,11-16,35H2/t17?,18-,19-,20+,23?,30+/m1/s1. The molecule has 6 fully saturated rings. The first-order valence-electron chi connectivity index (χ1n) is 15.8. The molecule has 10 nitrogen and oxygen atoms in total. The summed E-state index contributed by atoms with van der Waals surface area (Å²) >= 11 is 1.58. The normalized spacial score (nSPS) is 34.7. The molecule has 43 heavy (non-hydrogen) atoms. The van der Waals surface area contributed by atoms with Crippen LogP contribution in [0.4, 0.5) is 21.0 Å². The number of nitrogens with two attached hydrogens (primary N) is 1. The van der Waals surface area contributed by atoms with Gasteiger partial charge in [0.15, 0.2) is 11.6 Å². The summed E-state index contributed by atoms with van der Waals surface area (Å²) in [4.78, 5) is 17.7. The Hall–Kier alpha value is -3.19. The monoisotopic (exact) mass is 601 g/mol. The first-order valence-corrected chi connectivity index (χ1v) is 16.6. The van der Waals surface area contributed by atoms with Gasteiger partial charge in [0.05, 0.1) is 11.1 Å². The number of piperazine rings is 1. The molecule has 2 bridgehead atoms. The van der Waals surface area contributed by atoms with E-state index in [2.05, 4.69) is 32.2 Å². The van der Waals surface area contributed by atoms with E-state index < -0.39 is 6.17 Å². The Morgan fingerprint density at radius 3 is 2.56 bits per heavy atom. The topological polar surface area (TPSA) is 130 Å². The molecule has 7 aliphatic rings. The van der Waals surface area contributed by atoms with E-state index in [1.54, 1.807) is 11.3 Å². The molecule has 7 heterocycles. The summed E-state index contributed by atoms with van der Waals surface area (Å²) < 4.78 is 20.9. The van der Waals surface area contributed by atoms with Gasteiger partial charge in [0, 0.05) is 61.5 Å². The number of nitrogens with one attached hydrogen (secondary N) is 1. The molecule has 0 aromatic carbocycles. The number of ether oxygens (including phenoxy) is 1. The molecule has 2 aromatic heterocycles. The number of anilines is 3. The summed E-state index contributed by atoms with van der Waals surface area (Å²) in [5, 5.41) is 24.9. The lowest BCUT2D eigenvalue weighted by molar-refractivity contribution is 0.107. The molecule has 5 aliphatic heterocycles. The van der Waals surface area contributed by atoms with Crippen LogP contribution in [0.1, 0.15) is 60.1 Å². The number of thiophene rings is 1. The number of nitriles is 2. The highest BCUT2D eigenvalue weighted by molar-refractivity contribution is 7.16. The van der Waals surface area contributed by atoms with Crippen LogP contribution in [0, 0.1) is 34.5 Å². The van der Waals surface area contributed by atoms with Gasteiger partial charge in [-0.2, -0.15) is 20.5 Å². The predicted octanol–water partition coefficient (Wildman–Crippen LogP) is 2.71. The number of nitrogen functional groups attached to an aromatic ring is 1. The van der Waals surface area contributed by atoms with Crippen LogP contribution in [0.2, 0.25) is 0 Å². The SMILES string of the molecule is N#Cc1c(N2C[C@H]3CC[C@@H](C2)N3)nc(OC[C@@]23CCCN2C[C@H](F)C3)nc1N1CC2(C1)c1c(sc(N)c1C#N)CC1CC12. The van der Waals surface area contributed by atoms with E-state index >= 15 is 0 Å². The van der Waals surface area contributed by atoms with Crippen LogP contribution in [-0.2, 0) is 11.8 Å². The highest BCUT2D eigenvalue weighted by Gasteiger charge is 2.64. The van der Waals surface area contributed by atoms with Gasteiger partial charge in [0.25, 0.3) is 0 Å². The van der Waals surface area contributed by atoms with E-state index in [1.165, 1.54) is 11.3 Å². The first kappa shape index (κ1) is 26.2. The molecule has 1 saturated carbocycles. The second-order valence-electron chi connectivity index (χ2n) is 14.1. The van der Waals surface area contributed by atoms with Gasteiger partial charge in [0.1, 0.15) is 35.5 Å². The van der Waals surface area contributed by atoms with Gasteiger partial charge in [-0.25, -0.2) is 4.39 Å². The molecule has 5 saturated heterocycles. The predicted molar refractivity (Wildman–Crippen MR) is 160 cm³/mol. The van der Waals surface area contributed by atoms with Crippen molar-refractivity contribution in [2.75, 3.05) is 61.4 Å². The van der Waals surface area contributed by atoms with Gasteiger partial charge in [-0.1, -0.05) is 0 Å². The molecule has 0 radical (unpaired) electrons. The summed E-state index contributed by atoms with van der Waals surface area (Å²) in [6.07, 6.45) is 6.04. The Morgan fingerprint density at radius 1 is 1.07 bits per heavy atom. The van der Waals surface area contributed by atoms with Crippen LogP contribution in [0.15, 0.2) is 0 Å². The maximum absolute atomic E-state index is 14.5. The van der Waals surface area contributed by atoms with E-state index in [9.17, 15) is 14.9 Å².